The van der Waals surface area contributed by atoms with Gasteiger partial charge in [0.05, 0.1) is 11.0 Å². The highest BCUT2D eigenvalue weighted by Crippen LogP contribution is 1.90. The van der Waals surface area contributed by atoms with Gasteiger partial charge in [-0.25, -0.2) is 13.1 Å². The topological polar surface area (TPSA) is 101 Å². The van der Waals surface area contributed by atoms with Gasteiger partial charge in [0, 0.05) is 6.54 Å². The largest absolute Gasteiger partial charge is 0.392 e. The minimum atomic E-state index is -3.63. The molecule has 1 unspecified atom stereocenters. The third-order valence-electron chi connectivity index (χ3n) is 1.63. The van der Waals surface area contributed by atoms with Gasteiger partial charge in [-0.2, -0.15) is 0 Å². The molecule has 1 amide bonds. The normalized spacial score (nSPS) is 13.1. The van der Waals surface area contributed by atoms with Gasteiger partial charge in [0.2, 0.25) is 15.9 Å². The third kappa shape index (κ3) is 6.70. The second-order valence-corrected chi connectivity index (χ2v) is 5.63. The van der Waals surface area contributed by atoms with E-state index in [1.165, 1.54) is 6.92 Å². The molecule has 0 aromatic heterocycles. The van der Waals surface area contributed by atoms with Gasteiger partial charge in [-0.3, -0.25) is 4.79 Å². The Hall–Kier alpha value is -0.730. The number of sulfonamides is 1. The van der Waals surface area contributed by atoms with Crippen LogP contribution in [-0.4, -0.2) is 37.7 Å². The fourth-order valence-corrected chi connectivity index (χ4v) is 2.52. The van der Waals surface area contributed by atoms with Crippen LogP contribution < -0.4 is 15.8 Å². The molecule has 0 saturated carbocycles. The van der Waals surface area contributed by atoms with Crippen molar-refractivity contribution in [2.45, 2.75) is 26.3 Å². The summed E-state index contributed by atoms with van der Waals surface area (Å²) < 4.78 is 24.9. The lowest BCUT2D eigenvalue weighted by Crippen LogP contribution is -2.46. The maximum atomic E-state index is 11.4. The Balaban J connectivity index is 4.27. The number of amides is 1. The summed E-state index contributed by atoms with van der Waals surface area (Å²) in [5.74, 6) is -0.818. The summed E-state index contributed by atoms with van der Waals surface area (Å²) in [7, 11) is -3.63. The summed E-state index contributed by atoms with van der Waals surface area (Å²) >= 11 is 4.49. The van der Waals surface area contributed by atoms with Crippen LogP contribution in [0.3, 0.4) is 0 Å². The molecule has 0 saturated heterocycles. The molecule has 4 N–H and O–H groups in total. The number of rotatable bonds is 7. The molecule has 0 aliphatic carbocycles. The predicted octanol–water partition coefficient (Wildman–Crippen LogP) is -0.893. The first-order chi connectivity index (χ1) is 7.28. The number of thiocarbonyl (C=S) groups is 1. The molecule has 94 valence electrons. The Kier molecular flexibility index (Phi) is 6.46. The first kappa shape index (κ1) is 15.3. The van der Waals surface area contributed by atoms with Crippen molar-refractivity contribution in [3.05, 3.63) is 0 Å². The van der Waals surface area contributed by atoms with E-state index in [-0.39, 0.29) is 10.9 Å². The monoisotopic (exact) mass is 267 g/mol. The molecule has 0 aromatic carbocycles. The molecule has 0 aromatic rings. The lowest BCUT2D eigenvalue weighted by molar-refractivity contribution is -0.122. The molecular weight excluding hydrogens is 250 g/mol. The second-order valence-electron chi connectivity index (χ2n) is 3.36. The second kappa shape index (κ2) is 6.77. The van der Waals surface area contributed by atoms with E-state index in [1.807, 2.05) is 6.92 Å². The van der Waals surface area contributed by atoms with Crippen molar-refractivity contribution < 1.29 is 13.2 Å². The van der Waals surface area contributed by atoms with Gasteiger partial charge in [0.1, 0.15) is 5.75 Å². The smallest absolute Gasteiger partial charge is 0.237 e. The molecule has 0 heterocycles. The van der Waals surface area contributed by atoms with Crippen LogP contribution in [0.25, 0.3) is 0 Å². The Labute approximate surface area is 101 Å². The van der Waals surface area contributed by atoms with E-state index < -0.39 is 21.8 Å². The average molecular weight is 267 g/mol. The average Bonchev–Trinajstić information content (AvgIpc) is 2.10. The number of hydrogen-bond donors (Lipinski definition) is 3. The number of nitrogens with two attached hydrogens (primary N) is 1. The van der Waals surface area contributed by atoms with Crippen LogP contribution in [0, 0.1) is 0 Å². The highest BCUT2D eigenvalue weighted by atomic mass is 32.2. The molecule has 0 fully saturated rings. The van der Waals surface area contributed by atoms with E-state index >= 15 is 0 Å². The SMILES string of the molecule is CCCNC(=O)C(C)NS(=O)(=O)CC(N)=S. The Bertz CT molecular complexity index is 354. The van der Waals surface area contributed by atoms with E-state index in [9.17, 15) is 13.2 Å². The fraction of sp³-hybridized carbons (Fsp3) is 0.750. The highest BCUT2D eigenvalue weighted by molar-refractivity contribution is 7.92. The molecule has 8 heteroatoms. The van der Waals surface area contributed by atoms with E-state index in [1.54, 1.807) is 0 Å². The van der Waals surface area contributed by atoms with Crippen LogP contribution in [0.5, 0.6) is 0 Å². The summed E-state index contributed by atoms with van der Waals surface area (Å²) in [4.78, 5) is 11.2. The summed E-state index contributed by atoms with van der Waals surface area (Å²) in [6.45, 7) is 3.88. The summed E-state index contributed by atoms with van der Waals surface area (Å²) in [6, 6.07) is -0.828. The van der Waals surface area contributed by atoms with Gasteiger partial charge < -0.3 is 11.1 Å². The number of carbonyl (C=O) groups is 1. The molecule has 0 bridgehead atoms. The summed E-state index contributed by atoms with van der Waals surface area (Å²) in [5, 5.41) is 2.58. The third-order valence-corrected chi connectivity index (χ3v) is 3.36. The van der Waals surface area contributed by atoms with Crippen molar-refractivity contribution in [2.24, 2.45) is 5.73 Å². The number of carbonyl (C=O) groups excluding carboxylic acids is 1. The molecule has 1 atom stereocenters. The molecule has 0 aliphatic rings. The molecule has 16 heavy (non-hydrogen) atoms. The fourth-order valence-electron chi connectivity index (χ4n) is 0.953. The van der Waals surface area contributed by atoms with Gasteiger partial charge in [-0.1, -0.05) is 19.1 Å². The van der Waals surface area contributed by atoms with Crippen molar-refractivity contribution in [2.75, 3.05) is 12.3 Å². The van der Waals surface area contributed by atoms with Crippen LogP contribution in [0.15, 0.2) is 0 Å². The van der Waals surface area contributed by atoms with E-state index in [0.29, 0.717) is 6.54 Å². The van der Waals surface area contributed by atoms with Gasteiger partial charge in [-0.15, -0.1) is 0 Å². The molecule has 6 nitrogen and oxygen atoms in total. The van der Waals surface area contributed by atoms with Crippen LogP contribution in [-0.2, 0) is 14.8 Å². The number of hydrogen-bond acceptors (Lipinski definition) is 4. The molecule has 0 radical (unpaired) electrons. The van der Waals surface area contributed by atoms with E-state index in [2.05, 4.69) is 22.3 Å². The van der Waals surface area contributed by atoms with Gasteiger partial charge in [0.15, 0.2) is 0 Å². The van der Waals surface area contributed by atoms with E-state index in [0.717, 1.165) is 6.42 Å². The first-order valence-electron chi connectivity index (χ1n) is 4.84. The lowest BCUT2D eigenvalue weighted by atomic mass is 10.3. The van der Waals surface area contributed by atoms with Gasteiger partial charge in [0.25, 0.3) is 0 Å². The quantitative estimate of drug-likeness (QED) is 0.519. The lowest BCUT2D eigenvalue weighted by Gasteiger charge is -2.13. The van der Waals surface area contributed by atoms with Crippen LogP contribution in [0.1, 0.15) is 20.3 Å². The standard InChI is InChI=1S/C8H17N3O3S2/c1-3-4-10-8(12)6(2)11-16(13,14)5-7(9)15/h6,11H,3-5H2,1-2H3,(H2,9,15)(H,10,12). The van der Waals surface area contributed by atoms with Crippen molar-refractivity contribution >= 4 is 33.1 Å². The van der Waals surface area contributed by atoms with Gasteiger partial charge in [-0.05, 0) is 13.3 Å². The van der Waals surface area contributed by atoms with Crippen molar-refractivity contribution in [3.8, 4) is 0 Å². The Morgan fingerprint density at radius 3 is 2.50 bits per heavy atom. The minimum absolute atomic E-state index is 0.131. The predicted molar refractivity (Wildman–Crippen MR) is 66.5 cm³/mol. The number of nitrogens with one attached hydrogen (secondary N) is 2. The molecular formula is C8H17N3O3S2. The highest BCUT2D eigenvalue weighted by Gasteiger charge is 2.20. The maximum absolute atomic E-state index is 11.4. The van der Waals surface area contributed by atoms with Crippen LogP contribution in [0.4, 0.5) is 0 Å². The van der Waals surface area contributed by atoms with Gasteiger partial charge >= 0.3 is 0 Å². The van der Waals surface area contributed by atoms with Crippen molar-refractivity contribution in [3.63, 3.8) is 0 Å². The maximum Gasteiger partial charge on any atom is 0.237 e. The zero-order valence-corrected chi connectivity index (χ0v) is 11.0. The molecule has 0 spiro atoms. The van der Waals surface area contributed by atoms with Crippen molar-refractivity contribution in [1.29, 1.82) is 0 Å². The van der Waals surface area contributed by atoms with E-state index in [4.69, 9.17) is 5.73 Å². The first-order valence-corrected chi connectivity index (χ1v) is 6.90. The summed E-state index contributed by atoms with van der Waals surface area (Å²) in [5.41, 5.74) is 5.12. The van der Waals surface area contributed by atoms with Crippen LogP contribution >= 0.6 is 12.2 Å². The minimum Gasteiger partial charge on any atom is -0.392 e. The molecule has 0 aliphatic heterocycles. The van der Waals surface area contributed by atoms with Crippen LogP contribution in [0.2, 0.25) is 0 Å². The Morgan fingerprint density at radius 2 is 2.06 bits per heavy atom. The zero-order valence-electron chi connectivity index (χ0n) is 9.32. The Morgan fingerprint density at radius 1 is 1.50 bits per heavy atom. The summed E-state index contributed by atoms with van der Waals surface area (Å²) in [6.07, 6.45) is 0.790. The van der Waals surface area contributed by atoms with Crippen molar-refractivity contribution in [1.82, 2.24) is 10.0 Å². The molecule has 0 rings (SSSR count). The zero-order chi connectivity index (χ0) is 12.8.